The van der Waals surface area contributed by atoms with E-state index in [1.807, 2.05) is 6.92 Å². The van der Waals surface area contributed by atoms with Gasteiger partial charge in [-0.3, -0.25) is 0 Å². The number of hydroxylamine groups is 1. The minimum Gasteiger partial charge on any atom is -0.703 e. The molecule has 0 N–H and O–H groups in total. The third-order valence-corrected chi connectivity index (χ3v) is 4.19. The fourth-order valence-corrected chi connectivity index (χ4v) is 1.57. The summed E-state index contributed by atoms with van der Waals surface area (Å²) in [4.78, 5) is 11.5. The van der Waals surface area contributed by atoms with E-state index < -0.39 is 9.99 Å². The van der Waals surface area contributed by atoms with Crippen molar-refractivity contribution in [1.29, 1.82) is 0 Å². The van der Waals surface area contributed by atoms with Crippen LogP contribution in [0.5, 0.6) is 0 Å². The molecule has 4 nitrogen and oxygen atoms in total. The molecule has 0 aromatic heterocycles. The smallest absolute Gasteiger partial charge is 0.321 e. The lowest BCUT2D eigenvalue weighted by molar-refractivity contribution is -0.829. The number of alkyl halides is 1. The van der Waals surface area contributed by atoms with Crippen molar-refractivity contribution < 1.29 is 4.87 Å². The Morgan fingerprint density at radius 3 is 2.27 bits per heavy atom. The van der Waals surface area contributed by atoms with Crippen molar-refractivity contribution in [3.05, 3.63) is 10.1 Å². The van der Waals surface area contributed by atoms with Gasteiger partial charge in [-0.2, -0.15) is 5.17 Å². The molecule has 64 valence electrons. The standard InChI is InChI=1S/C6H11BrN2O2/c1-4-6(7)5(2,3)8(10)9(6)11/h4H2,1-3H3. The van der Waals surface area contributed by atoms with Gasteiger partial charge in [0.15, 0.2) is 5.54 Å². The van der Waals surface area contributed by atoms with Gasteiger partial charge in [0.25, 0.3) is 0 Å². The molecule has 1 atom stereocenters. The first-order valence-corrected chi connectivity index (χ1v) is 4.31. The lowest BCUT2D eigenvalue weighted by Crippen LogP contribution is -2.75. The van der Waals surface area contributed by atoms with Crippen molar-refractivity contribution in [2.75, 3.05) is 0 Å². The van der Waals surface area contributed by atoms with Gasteiger partial charge in [-0.1, -0.05) is 6.92 Å². The fourth-order valence-electron chi connectivity index (χ4n) is 1.27. The highest BCUT2D eigenvalue weighted by Gasteiger charge is 2.70. The monoisotopic (exact) mass is 222 g/mol. The molecule has 1 aliphatic rings. The first kappa shape index (κ1) is 8.93. The van der Waals surface area contributed by atoms with Crippen LogP contribution in [-0.2, 0) is 0 Å². The number of hydrazine groups is 1. The minimum absolute atomic E-state index is 0.438. The number of rotatable bonds is 1. The molecule has 0 aromatic carbocycles. The predicted molar refractivity (Wildman–Crippen MR) is 44.9 cm³/mol. The molecule has 1 fully saturated rings. The molecule has 0 amide bonds. The van der Waals surface area contributed by atoms with Crippen LogP contribution in [0, 0.1) is 10.1 Å². The Labute approximate surface area is 73.8 Å². The van der Waals surface area contributed by atoms with Crippen molar-refractivity contribution in [3.8, 4) is 0 Å². The molecule has 0 spiro atoms. The lowest BCUT2D eigenvalue weighted by Gasteiger charge is -2.52. The second kappa shape index (κ2) is 2.17. The minimum atomic E-state index is -0.707. The maximum atomic E-state index is 11.0. The summed E-state index contributed by atoms with van der Waals surface area (Å²) in [5.74, 6) is 0. The van der Waals surface area contributed by atoms with E-state index in [9.17, 15) is 10.1 Å². The average molecular weight is 223 g/mol. The van der Waals surface area contributed by atoms with Crippen LogP contribution in [-0.4, -0.2) is 20.0 Å². The fraction of sp³-hybridized carbons (Fsp3) is 1.00. The van der Waals surface area contributed by atoms with E-state index in [4.69, 9.17) is 0 Å². The van der Waals surface area contributed by atoms with E-state index in [-0.39, 0.29) is 0 Å². The molecule has 1 aliphatic heterocycles. The average Bonchev–Trinajstić information content (AvgIpc) is 2.00. The highest BCUT2D eigenvalue weighted by Crippen LogP contribution is 2.48. The summed E-state index contributed by atoms with van der Waals surface area (Å²) in [5, 5.41) is 11.4. The van der Waals surface area contributed by atoms with Crippen molar-refractivity contribution in [2.24, 2.45) is 0 Å². The number of nitroso groups, excluding NO2 is 1. The maximum Gasteiger partial charge on any atom is 0.321 e. The van der Waals surface area contributed by atoms with Gasteiger partial charge in [-0.05, 0) is 13.8 Å². The van der Waals surface area contributed by atoms with Crippen LogP contribution in [0.15, 0.2) is 0 Å². The van der Waals surface area contributed by atoms with Gasteiger partial charge in [-0.15, -0.1) is 0 Å². The molecule has 0 bridgehead atoms. The van der Waals surface area contributed by atoms with Crippen LogP contribution in [0.25, 0.3) is 0 Å². The van der Waals surface area contributed by atoms with Gasteiger partial charge in [0.1, 0.15) is 4.87 Å². The van der Waals surface area contributed by atoms with Crippen LogP contribution in [0.2, 0.25) is 0 Å². The van der Waals surface area contributed by atoms with E-state index in [1.165, 1.54) is 0 Å². The second-order valence-electron chi connectivity index (χ2n) is 3.22. The summed E-state index contributed by atoms with van der Waals surface area (Å²) < 4.78 is -0.707. The number of nitrogens with zero attached hydrogens (tertiary/aromatic N) is 2. The number of halogens is 1. The largest absolute Gasteiger partial charge is 0.703 e. The summed E-state index contributed by atoms with van der Waals surface area (Å²) in [6, 6.07) is 0. The topological polar surface area (TPSA) is 46.4 Å². The third kappa shape index (κ3) is 0.780. The van der Waals surface area contributed by atoms with Crippen LogP contribution in [0.3, 0.4) is 0 Å². The van der Waals surface area contributed by atoms with Gasteiger partial charge in [-0.25, -0.2) is 0 Å². The van der Waals surface area contributed by atoms with Crippen LogP contribution < -0.4 is 0 Å². The summed E-state index contributed by atoms with van der Waals surface area (Å²) in [5.41, 5.74) is -0.635. The molecule has 1 rings (SSSR count). The normalized spacial score (nSPS) is 35.4. The second-order valence-corrected chi connectivity index (χ2v) is 4.53. The van der Waals surface area contributed by atoms with Gasteiger partial charge in [0.05, 0.1) is 4.91 Å². The van der Waals surface area contributed by atoms with Gasteiger partial charge >= 0.3 is 4.45 Å². The van der Waals surface area contributed by atoms with Gasteiger partial charge in [0, 0.05) is 22.4 Å². The van der Waals surface area contributed by atoms with Crippen LogP contribution in [0.4, 0.5) is 0 Å². The Kier molecular flexibility index (Phi) is 1.76. The molecule has 5 heteroatoms. The molecule has 0 aromatic rings. The molecule has 0 radical (unpaired) electrons. The zero-order chi connectivity index (χ0) is 8.86. The van der Waals surface area contributed by atoms with Crippen LogP contribution in [0.1, 0.15) is 27.2 Å². The Bertz CT molecular complexity index is 207. The summed E-state index contributed by atoms with van der Waals surface area (Å²) in [6.07, 6.45) is 0.613. The molecule has 11 heavy (non-hydrogen) atoms. The molecular formula is C6H11BrN2O2. The lowest BCUT2D eigenvalue weighted by atomic mass is 9.89. The predicted octanol–water partition coefficient (Wildman–Crippen LogP) is 1.77. The van der Waals surface area contributed by atoms with Crippen molar-refractivity contribution in [1.82, 2.24) is 5.17 Å². The van der Waals surface area contributed by atoms with Crippen molar-refractivity contribution in [2.45, 2.75) is 37.2 Å². The SMILES string of the molecule is CCC1(Br)[N+](=O)N([O-])C1(C)C. The molecular weight excluding hydrogens is 212 g/mol. The zero-order valence-corrected chi connectivity index (χ0v) is 8.38. The van der Waals surface area contributed by atoms with Gasteiger partial charge in [0.2, 0.25) is 0 Å². The first-order valence-electron chi connectivity index (χ1n) is 3.51. The van der Waals surface area contributed by atoms with E-state index >= 15 is 0 Å². The highest BCUT2D eigenvalue weighted by molar-refractivity contribution is 9.10. The Hall–Kier alpha value is -0.160. The zero-order valence-electron chi connectivity index (χ0n) is 6.80. The van der Waals surface area contributed by atoms with Crippen LogP contribution >= 0.6 is 15.9 Å². The molecule has 0 saturated carbocycles. The van der Waals surface area contributed by atoms with Crippen molar-refractivity contribution >= 4 is 15.9 Å². The molecule has 1 saturated heterocycles. The highest BCUT2D eigenvalue weighted by atomic mass is 79.9. The van der Waals surface area contributed by atoms with E-state index in [2.05, 4.69) is 15.9 Å². The van der Waals surface area contributed by atoms with E-state index in [1.54, 1.807) is 13.8 Å². The first-order chi connectivity index (χ1) is 4.88. The van der Waals surface area contributed by atoms with Crippen molar-refractivity contribution in [3.63, 3.8) is 0 Å². The number of hydrogen-bond acceptors (Lipinski definition) is 2. The molecule has 1 unspecified atom stereocenters. The Morgan fingerprint density at radius 1 is 1.64 bits per heavy atom. The third-order valence-electron chi connectivity index (χ3n) is 2.35. The summed E-state index contributed by atoms with van der Waals surface area (Å²) >= 11 is 3.27. The Morgan fingerprint density at radius 2 is 2.09 bits per heavy atom. The van der Waals surface area contributed by atoms with Gasteiger partial charge < -0.3 is 5.21 Å². The summed E-state index contributed by atoms with van der Waals surface area (Å²) in [7, 11) is 0. The van der Waals surface area contributed by atoms with E-state index in [0.717, 1.165) is 0 Å². The van der Waals surface area contributed by atoms with E-state index in [0.29, 0.717) is 16.5 Å². The molecule has 0 aliphatic carbocycles. The summed E-state index contributed by atoms with van der Waals surface area (Å²) in [6.45, 7) is 5.35. The maximum absolute atomic E-state index is 11.0. The Balaban J connectivity index is 2.93. The number of hydrogen-bond donors (Lipinski definition) is 0. The quantitative estimate of drug-likeness (QED) is 0.386. The molecule has 1 heterocycles.